The van der Waals surface area contributed by atoms with Crippen molar-refractivity contribution in [1.29, 1.82) is 0 Å². The van der Waals surface area contributed by atoms with Crippen LogP contribution in [0.2, 0.25) is 0 Å². The summed E-state index contributed by atoms with van der Waals surface area (Å²) >= 11 is 0. The van der Waals surface area contributed by atoms with Gasteiger partial charge < -0.3 is 19.9 Å². The number of aromatic nitrogens is 2. The van der Waals surface area contributed by atoms with Crippen molar-refractivity contribution in [2.24, 2.45) is 0 Å². The minimum Gasteiger partial charge on any atom is -0.363 e. The van der Waals surface area contributed by atoms with Crippen molar-refractivity contribution in [3.63, 3.8) is 0 Å². The Kier molecular flexibility index (Phi) is 4.03. The van der Waals surface area contributed by atoms with Crippen LogP contribution in [0, 0.1) is 0 Å². The third kappa shape index (κ3) is 2.98. The van der Waals surface area contributed by atoms with Gasteiger partial charge in [0, 0.05) is 51.7 Å². The highest BCUT2D eigenvalue weighted by molar-refractivity contribution is 5.85. The molecule has 2 aliphatic rings. The number of carbonyl (C=O) groups excluding carboxylic acids is 1. The lowest BCUT2D eigenvalue weighted by Gasteiger charge is -2.41. The van der Waals surface area contributed by atoms with Gasteiger partial charge in [0.25, 0.3) is 5.91 Å². The summed E-state index contributed by atoms with van der Waals surface area (Å²) in [5.41, 5.74) is -0.729. The van der Waals surface area contributed by atoms with Crippen molar-refractivity contribution < 1.29 is 9.53 Å². The Bertz CT molecular complexity index is 481. The van der Waals surface area contributed by atoms with Crippen LogP contribution < -0.4 is 10.2 Å². The minimum absolute atomic E-state index is 0.0773. The van der Waals surface area contributed by atoms with Gasteiger partial charge in [0.05, 0.1) is 12.8 Å². The van der Waals surface area contributed by atoms with Gasteiger partial charge in [0.1, 0.15) is 5.82 Å². The summed E-state index contributed by atoms with van der Waals surface area (Å²) in [5.74, 6) is 0.944. The highest BCUT2D eigenvalue weighted by atomic mass is 16.5. The molecule has 2 aliphatic heterocycles. The van der Waals surface area contributed by atoms with Crippen LogP contribution in [0.3, 0.4) is 0 Å². The molecule has 7 nitrogen and oxygen atoms in total. The number of morpholine rings is 1. The normalized spacial score (nSPS) is 26.7. The molecule has 2 saturated heterocycles. The fraction of sp³-hybridized carbons (Fsp3) is 0.643. The van der Waals surface area contributed by atoms with E-state index in [2.05, 4.69) is 20.2 Å². The second-order valence-electron chi connectivity index (χ2n) is 5.60. The SMILES string of the molecule is C[C@@]1(C(=O)N2CCN(c3cnccn3)CC2)CNCCO1. The number of amides is 1. The van der Waals surface area contributed by atoms with Crippen molar-refractivity contribution in [3.05, 3.63) is 18.6 Å². The van der Waals surface area contributed by atoms with Crippen LogP contribution in [0.15, 0.2) is 18.6 Å². The summed E-state index contributed by atoms with van der Waals surface area (Å²) in [7, 11) is 0. The number of nitrogens with one attached hydrogen (secondary N) is 1. The summed E-state index contributed by atoms with van der Waals surface area (Å²) < 4.78 is 5.70. The van der Waals surface area contributed by atoms with Gasteiger partial charge in [0.2, 0.25) is 0 Å². The maximum absolute atomic E-state index is 12.6. The third-order valence-electron chi connectivity index (χ3n) is 4.05. The average Bonchev–Trinajstić information content (AvgIpc) is 2.56. The number of ether oxygens (including phenoxy) is 1. The fourth-order valence-electron chi connectivity index (χ4n) is 2.79. The van der Waals surface area contributed by atoms with E-state index in [4.69, 9.17) is 4.74 Å². The largest absolute Gasteiger partial charge is 0.363 e. The number of anilines is 1. The number of hydrogen-bond acceptors (Lipinski definition) is 6. The van der Waals surface area contributed by atoms with Crippen LogP contribution in [0.4, 0.5) is 5.82 Å². The molecule has 1 atom stereocenters. The van der Waals surface area contributed by atoms with E-state index in [0.29, 0.717) is 26.2 Å². The lowest BCUT2D eigenvalue weighted by molar-refractivity contribution is -0.159. The third-order valence-corrected chi connectivity index (χ3v) is 4.05. The molecule has 1 amide bonds. The Morgan fingerprint density at radius 2 is 2.14 bits per heavy atom. The quantitative estimate of drug-likeness (QED) is 0.792. The van der Waals surface area contributed by atoms with Gasteiger partial charge in [-0.05, 0) is 6.92 Å². The number of hydrogen-bond donors (Lipinski definition) is 1. The van der Waals surface area contributed by atoms with Gasteiger partial charge in [0.15, 0.2) is 5.60 Å². The van der Waals surface area contributed by atoms with Crippen LogP contribution in [0.5, 0.6) is 0 Å². The molecule has 3 heterocycles. The van der Waals surface area contributed by atoms with Crippen LogP contribution in [0.25, 0.3) is 0 Å². The molecule has 2 fully saturated rings. The molecule has 0 bridgehead atoms. The zero-order valence-electron chi connectivity index (χ0n) is 12.3. The maximum Gasteiger partial charge on any atom is 0.255 e. The van der Waals surface area contributed by atoms with Gasteiger partial charge in [-0.2, -0.15) is 0 Å². The van der Waals surface area contributed by atoms with E-state index in [1.165, 1.54) is 0 Å². The van der Waals surface area contributed by atoms with Crippen molar-refractivity contribution in [2.45, 2.75) is 12.5 Å². The van der Waals surface area contributed by atoms with Crippen molar-refractivity contribution in [2.75, 3.05) is 50.8 Å². The monoisotopic (exact) mass is 291 g/mol. The Labute approximate surface area is 124 Å². The van der Waals surface area contributed by atoms with Gasteiger partial charge in [-0.3, -0.25) is 9.78 Å². The molecule has 0 radical (unpaired) electrons. The first kappa shape index (κ1) is 14.2. The van der Waals surface area contributed by atoms with Gasteiger partial charge >= 0.3 is 0 Å². The van der Waals surface area contributed by atoms with E-state index in [1.807, 2.05) is 11.8 Å². The Balaban J connectivity index is 1.59. The topological polar surface area (TPSA) is 70.6 Å². The van der Waals surface area contributed by atoms with E-state index >= 15 is 0 Å². The second-order valence-corrected chi connectivity index (χ2v) is 5.60. The predicted octanol–water partition coefficient (Wildman–Crippen LogP) is -0.496. The Hall–Kier alpha value is -1.73. The first-order valence-electron chi connectivity index (χ1n) is 7.34. The number of nitrogens with zero attached hydrogens (tertiary/aromatic N) is 4. The first-order chi connectivity index (χ1) is 10.2. The summed E-state index contributed by atoms with van der Waals surface area (Å²) in [6.45, 7) is 6.77. The highest BCUT2D eigenvalue weighted by Gasteiger charge is 2.40. The van der Waals surface area contributed by atoms with E-state index in [9.17, 15) is 4.79 Å². The molecule has 1 N–H and O–H groups in total. The number of piperazine rings is 1. The molecule has 3 rings (SSSR count). The Morgan fingerprint density at radius 1 is 1.33 bits per heavy atom. The average molecular weight is 291 g/mol. The molecule has 21 heavy (non-hydrogen) atoms. The van der Waals surface area contributed by atoms with E-state index in [0.717, 1.165) is 25.5 Å². The molecule has 0 aromatic carbocycles. The van der Waals surface area contributed by atoms with E-state index in [1.54, 1.807) is 18.6 Å². The maximum atomic E-state index is 12.6. The van der Waals surface area contributed by atoms with E-state index < -0.39 is 5.60 Å². The van der Waals surface area contributed by atoms with Crippen LogP contribution in [-0.4, -0.2) is 72.3 Å². The van der Waals surface area contributed by atoms with Crippen LogP contribution in [0.1, 0.15) is 6.92 Å². The summed E-state index contributed by atoms with van der Waals surface area (Å²) in [6, 6.07) is 0. The lowest BCUT2D eigenvalue weighted by Crippen LogP contribution is -2.61. The van der Waals surface area contributed by atoms with Crippen molar-refractivity contribution >= 4 is 11.7 Å². The molecule has 1 aromatic rings. The zero-order chi connectivity index (χ0) is 14.7. The van der Waals surface area contributed by atoms with Gasteiger partial charge in [-0.1, -0.05) is 0 Å². The first-order valence-corrected chi connectivity index (χ1v) is 7.34. The molecule has 7 heteroatoms. The smallest absolute Gasteiger partial charge is 0.255 e. The highest BCUT2D eigenvalue weighted by Crippen LogP contribution is 2.19. The molecule has 114 valence electrons. The molecule has 0 spiro atoms. The van der Waals surface area contributed by atoms with Crippen molar-refractivity contribution in [3.8, 4) is 0 Å². The number of carbonyl (C=O) groups is 1. The summed E-state index contributed by atoms with van der Waals surface area (Å²) in [4.78, 5) is 25.1. The zero-order valence-corrected chi connectivity index (χ0v) is 12.3. The molecular weight excluding hydrogens is 270 g/mol. The van der Waals surface area contributed by atoms with E-state index in [-0.39, 0.29) is 5.91 Å². The summed E-state index contributed by atoms with van der Waals surface area (Å²) in [5, 5.41) is 3.23. The number of rotatable bonds is 2. The van der Waals surface area contributed by atoms with Crippen LogP contribution in [-0.2, 0) is 9.53 Å². The Morgan fingerprint density at radius 3 is 2.76 bits per heavy atom. The second kappa shape index (κ2) is 5.95. The fourth-order valence-corrected chi connectivity index (χ4v) is 2.79. The van der Waals surface area contributed by atoms with Crippen LogP contribution >= 0.6 is 0 Å². The lowest BCUT2D eigenvalue weighted by atomic mass is 10.0. The molecular formula is C14H21N5O2. The van der Waals surface area contributed by atoms with Gasteiger partial charge in [-0.25, -0.2) is 4.98 Å². The standard InChI is InChI=1S/C14H21N5O2/c1-14(11-16-4-9-21-14)13(20)19-7-5-18(6-8-19)12-10-15-2-3-17-12/h2-3,10,16H,4-9,11H2,1H3/t14-/m0/s1. The minimum atomic E-state index is -0.729. The molecule has 0 unspecified atom stereocenters. The van der Waals surface area contributed by atoms with Crippen molar-refractivity contribution in [1.82, 2.24) is 20.2 Å². The van der Waals surface area contributed by atoms with Gasteiger partial charge in [-0.15, -0.1) is 0 Å². The summed E-state index contributed by atoms with van der Waals surface area (Å²) in [6.07, 6.45) is 5.11. The molecule has 0 saturated carbocycles. The predicted molar refractivity (Wildman–Crippen MR) is 78.1 cm³/mol. The molecule has 0 aliphatic carbocycles. The molecule has 1 aromatic heterocycles.